The van der Waals surface area contributed by atoms with Crippen LogP contribution in [0.2, 0.25) is 0 Å². The van der Waals surface area contributed by atoms with Crippen molar-refractivity contribution in [2.24, 2.45) is 5.92 Å². The third-order valence-corrected chi connectivity index (χ3v) is 8.32. The Labute approximate surface area is 187 Å². The van der Waals surface area contributed by atoms with Crippen molar-refractivity contribution in [2.45, 2.75) is 32.1 Å². The van der Waals surface area contributed by atoms with Crippen LogP contribution in [0.3, 0.4) is 0 Å². The highest BCUT2D eigenvalue weighted by atomic mass is 32.2. The number of rotatable bonds is 5. The third kappa shape index (κ3) is 3.70. The van der Waals surface area contributed by atoms with Gasteiger partial charge in [0.1, 0.15) is 5.82 Å². The van der Waals surface area contributed by atoms with Gasteiger partial charge in [-0.25, -0.2) is 4.39 Å². The Morgan fingerprint density at radius 3 is 2.87 bits per heavy atom. The van der Waals surface area contributed by atoms with E-state index in [-0.39, 0.29) is 5.82 Å². The van der Waals surface area contributed by atoms with E-state index in [0.717, 1.165) is 50.0 Å². The quantitative estimate of drug-likeness (QED) is 0.542. The van der Waals surface area contributed by atoms with Gasteiger partial charge in [0, 0.05) is 36.7 Å². The fraction of sp³-hybridized carbons (Fsp3) is 0.440. The van der Waals surface area contributed by atoms with E-state index in [1.165, 1.54) is 54.3 Å². The van der Waals surface area contributed by atoms with Gasteiger partial charge in [0.2, 0.25) is 0 Å². The second-order valence-corrected chi connectivity index (χ2v) is 10.2. The first-order chi connectivity index (χ1) is 15.2. The minimum atomic E-state index is -0.148. The highest BCUT2D eigenvalue weighted by molar-refractivity contribution is 8.02. The fourth-order valence-corrected chi connectivity index (χ4v) is 6.62. The molecule has 1 fully saturated rings. The molecule has 4 heterocycles. The molecule has 162 valence electrons. The van der Waals surface area contributed by atoms with E-state index in [1.54, 1.807) is 6.07 Å². The molecule has 1 saturated heterocycles. The molecule has 1 aromatic heterocycles. The number of aromatic amines is 1. The van der Waals surface area contributed by atoms with Crippen molar-refractivity contribution in [1.29, 1.82) is 0 Å². The zero-order chi connectivity index (χ0) is 20.8. The summed E-state index contributed by atoms with van der Waals surface area (Å²) >= 11 is 1.90. The first kappa shape index (κ1) is 19.5. The fourth-order valence-electron chi connectivity index (χ4n) is 5.48. The van der Waals surface area contributed by atoms with E-state index >= 15 is 0 Å². The normalized spacial score (nSPS) is 19.4. The highest BCUT2D eigenvalue weighted by Gasteiger charge is 2.32. The van der Waals surface area contributed by atoms with E-state index in [1.807, 2.05) is 18.2 Å². The first-order valence-corrected chi connectivity index (χ1v) is 12.3. The van der Waals surface area contributed by atoms with Gasteiger partial charge >= 0.3 is 0 Å². The number of aryl methyl sites for hydroxylation is 1. The number of fused-ring (bicyclic) bond motifs is 1. The molecule has 3 aliphatic rings. The summed E-state index contributed by atoms with van der Waals surface area (Å²) in [6.07, 6.45) is 8.04. The molecule has 6 heteroatoms. The Bertz CT molecular complexity index is 1090. The molecular weight excluding hydrogens is 407 g/mol. The standard InChI is InChI=1S/C25H29FN4S/c26-21-6-7-23-22(16-21)20(17-27-23)15-18-8-11-28(12-9-18)13-14-29-24-5-1-3-19-4-2-10-30(31-29)25(19)24/h1,3,5-7,16-18,27H,2,4,8-15H2. The number of benzene rings is 2. The topological polar surface area (TPSA) is 25.5 Å². The number of likely N-dealkylation sites (tertiary alicyclic amines) is 1. The number of H-pyrrole nitrogens is 1. The van der Waals surface area contributed by atoms with E-state index < -0.39 is 0 Å². The molecular formula is C25H29FN4S. The van der Waals surface area contributed by atoms with Gasteiger partial charge in [0.25, 0.3) is 0 Å². The Morgan fingerprint density at radius 1 is 1.06 bits per heavy atom. The second kappa shape index (κ2) is 8.06. The minimum Gasteiger partial charge on any atom is -0.361 e. The van der Waals surface area contributed by atoms with E-state index in [4.69, 9.17) is 0 Å². The molecule has 0 amide bonds. The van der Waals surface area contributed by atoms with E-state index in [0.29, 0.717) is 5.92 Å². The molecule has 0 saturated carbocycles. The predicted molar refractivity (Wildman–Crippen MR) is 128 cm³/mol. The molecule has 6 rings (SSSR count). The number of nitrogens with one attached hydrogen (secondary N) is 1. The minimum absolute atomic E-state index is 0.148. The number of hydrogen-bond acceptors (Lipinski definition) is 4. The number of para-hydroxylation sites is 1. The van der Waals surface area contributed by atoms with Crippen molar-refractivity contribution in [3.05, 3.63) is 59.5 Å². The van der Waals surface area contributed by atoms with Gasteiger partial charge in [-0.3, -0.25) is 8.61 Å². The smallest absolute Gasteiger partial charge is 0.123 e. The zero-order valence-corrected chi connectivity index (χ0v) is 18.6. The number of hydrogen-bond donors (Lipinski definition) is 1. The molecule has 0 bridgehead atoms. The van der Waals surface area contributed by atoms with Gasteiger partial charge < -0.3 is 9.88 Å². The summed E-state index contributed by atoms with van der Waals surface area (Å²) in [5.41, 5.74) is 6.69. The van der Waals surface area contributed by atoms with Crippen LogP contribution in [-0.4, -0.2) is 42.6 Å². The molecule has 3 aliphatic heterocycles. The van der Waals surface area contributed by atoms with Gasteiger partial charge in [0.15, 0.2) is 0 Å². The van der Waals surface area contributed by atoms with Crippen molar-refractivity contribution in [2.75, 3.05) is 41.3 Å². The number of nitrogens with zero attached hydrogens (tertiary/aromatic N) is 3. The molecule has 31 heavy (non-hydrogen) atoms. The van der Waals surface area contributed by atoms with Crippen molar-refractivity contribution in [3.63, 3.8) is 0 Å². The zero-order valence-electron chi connectivity index (χ0n) is 17.8. The predicted octanol–water partition coefficient (Wildman–Crippen LogP) is 5.40. The molecule has 3 aromatic rings. The van der Waals surface area contributed by atoms with E-state index in [2.05, 4.69) is 42.9 Å². The number of anilines is 2. The van der Waals surface area contributed by atoms with Gasteiger partial charge in [-0.2, -0.15) is 0 Å². The maximum Gasteiger partial charge on any atom is 0.123 e. The van der Waals surface area contributed by atoms with Gasteiger partial charge in [-0.15, -0.1) is 0 Å². The number of aromatic nitrogens is 1. The summed E-state index contributed by atoms with van der Waals surface area (Å²) in [5, 5.41) is 1.05. The lowest BCUT2D eigenvalue weighted by molar-refractivity contribution is 0.189. The monoisotopic (exact) mass is 436 g/mol. The van der Waals surface area contributed by atoms with Gasteiger partial charge in [-0.1, -0.05) is 12.1 Å². The molecule has 0 radical (unpaired) electrons. The molecule has 4 nitrogen and oxygen atoms in total. The van der Waals surface area contributed by atoms with Crippen LogP contribution in [-0.2, 0) is 12.8 Å². The Hall–Kier alpha value is -2.18. The van der Waals surface area contributed by atoms with Crippen molar-refractivity contribution in [3.8, 4) is 0 Å². The molecule has 1 N–H and O–H groups in total. The van der Waals surface area contributed by atoms with Crippen molar-refractivity contribution < 1.29 is 4.39 Å². The van der Waals surface area contributed by atoms with Crippen molar-refractivity contribution >= 4 is 34.4 Å². The van der Waals surface area contributed by atoms with Crippen LogP contribution in [0.5, 0.6) is 0 Å². The maximum absolute atomic E-state index is 13.7. The average molecular weight is 437 g/mol. The molecule has 0 atom stereocenters. The van der Waals surface area contributed by atoms with Crippen LogP contribution in [0, 0.1) is 11.7 Å². The Kier molecular flexibility index (Phi) is 5.07. The lowest BCUT2D eigenvalue weighted by Crippen LogP contribution is -2.38. The third-order valence-electron chi connectivity index (χ3n) is 7.19. The average Bonchev–Trinajstić information content (AvgIpc) is 3.36. The molecule has 2 aromatic carbocycles. The van der Waals surface area contributed by atoms with Crippen LogP contribution >= 0.6 is 12.1 Å². The van der Waals surface area contributed by atoms with Gasteiger partial charge in [0.05, 0.1) is 23.5 Å². The summed E-state index contributed by atoms with van der Waals surface area (Å²) in [6, 6.07) is 11.8. The summed E-state index contributed by atoms with van der Waals surface area (Å²) in [7, 11) is 0. The Morgan fingerprint density at radius 2 is 1.97 bits per heavy atom. The number of halogens is 1. The van der Waals surface area contributed by atoms with E-state index in [9.17, 15) is 4.39 Å². The second-order valence-electron chi connectivity index (χ2n) is 9.17. The first-order valence-electron chi connectivity index (χ1n) is 11.6. The molecule has 0 aliphatic carbocycles. The highest BCUT2D eigenvalue weighted by Crippen LogP contribution is 2.48. The van der Waals surface area contributed by atoms with Crippen LogP contribution in [0.1, 0.15) is 30.4 Å². The summed E-state index contributed by atoms with van der Waals surface area (Å²) in [4.78, 5) is 5.92. The van der Waals surface area contributed by atoms with Crippen molar-refractivity contribution in [1.82, 2.24) is 9.88 Å². The molecule has 0 spiro atoms. The summed E-state index contributed by atoms with van der Waals surface area (Å²) in [6.45, 7) is 5.68. The maximum atomic E-state index is 13.7. The summed E-state index contributed by atoms with van der Waals surface area (Å²) in [5.74, 6) is 0.540. The van der Waals surface area contributed by atoms with Crippen LogP contribution in [0.4, 0.5) is 15.8 Å². The Balaban J connectivity index is 1.04. The van der Waals surface area contributed by atoms with Crippen LogP contribution < -0.4 is 8.61 Å². The largest absolute Gasteiger partial charge is 0.361 e. The SMILES string of the molecule is Fc1ccc2[nH]cc(CC3CCN(CCN4SN5CCCc6cccc4c65)CC3)c2c1. The lowest BCUT2D eigenvalue weighted by Gasteiger charge is -2.33. The number of piperidine rings is 1. The van der Waals surface area contributed by atoms with Crippen LogP contribution in [0.15, 0.2) is 42.6 Å². The summed E-state index contributed by atoms with van der Waals surface area (Å²) < 4.78 is 18.7. The molecule has 0 unspecified atom stereocenters. The van der Waals surface area contributed by atoms with Crippen LogP contribution in [0.25, 0.3) is 10.9 Å². The lowest BCUT2D eigenvalue weighted by atomic mass is 9.90. The van der Waals surface area contributed by atoms with Gasteiger partial charge in [-0.05, 0) is 86.5 Å².